The molecule has 0 aliphatic heterocycles. The standard InChI is InChI=1S/C15H10ClNO2/c16-11-3-1-2-9(6-11)10-4-5-14-12(7-10)13(8-17-14)15(18)19/h1-8,17H,(H,18,19). The van der Waals surface area contributed by atoms with E-state index < -0.39 is 5.97 Å². The van der Waals surface area contributed by atoms with Crippen LogP contribution in [-0.4, -0.2) is 16.1 Å². The first-order valence-corrected chi connectivity index (χ1v) is 6.13. The molecular formula is C15H10ClNO2. The van der Waals surface area contributed by atoms with Crippen molar-refractivity contribution in [3.63, 3.8) is 0 Å². The predicted molar refractivity (Wildman–Crippen MR) is 75.7 cm³/mol. The van der Waals surface area contributed by atoms with Crippen LogP contribution in [0.3, 0.4) is 0 Å². The van der Waals surface area contributed by atoms with Crippen LogP contribution in [0.1, 0.15) is 10.4 Å². The Morgan fingerprint density at radius 1 is 1.11 bits per heavy atom. The number of carboxylic acid groups (broad SMARTS) is 1. The summed E-state index contributed by atoms with van der Waals surface area (Å²) in [5.41, 5.74) is 2.99. The molecule has 0 saturated carbocycles. The minimum Gasteiger partial charge on any atom is -0.478 e. The SMILES string of the molecule is O=C(O)c1c[nH]c2ccc(-c3cccc(Cl)c3)cc12. The highest BCUT2D eigenvalue weighted by Gasteiger charge is 2.11. The lowest BCUT2D eigenvalue weighted by Gasteiger charge is -2.03. The highest BCUT2D eigenvalue weighted by molar-refractivity contribution is 6.30. The maximum absolute atomic E-state index is 11.1. The number of fused-ring (bicyclic) bond motifs is 1. The summed E-state index contributed by atoms with van der Waals surface area (Å²) in [6.45, 7) is 0. The van der Waals surface area contributed by atoms with Gasteiger partial charge in [-0.05, 0) is 35.4 Å². The molecule has 0 spiro atoms. The summed E-state index contributed by atoms with van der Waals surface area (Å²) in [7, 11) is 0. The van der Waals surface area contributed by atoms with Crippen molar-refractivity contribution in [2.75, 3.05) is 0 Å². The predicted octanol–water partition coefficient (Wildman–Crippen LogP) is 4.19. The highest BCUT2D eigenvalue weighted by Crippen LogP contribution is 2.27. The number of H-pyrrole nitrogens is 1. The van der Waals surface area contributed by atoms with Gasteiger partial charge in [-0.3, -0.25) is 0 Å². The summed E-state index contributed by atoms with van der Waals surface area (Å²) in [5.74, 6) is -0.936. The van der Waals surface area contributed by atoms with Gasteiger partial charge in [0.1, 0.15) is 0 Å². The Labute approximate surface area is 114 Å². The van der Waals surface area contributed by atoms with E-state index in [-0.39, 0.29) is 5.56 Å². The third kappa shape index (κ3) is 2.09. The Bertz CT molecular complexity index is 777. The van der Waals surface area contributed by atoms with E-state index in [4.69, 9.17) is 16.7 Å². The minimum absolute atomic E-state index is 0.277. The van der Waals surface area contributed by atoms with E-state index in [0.29, 0.717) is 10.4 Å². The van der Waals surface area contributed by atoms with Crippen LogP contribution in [0, 0.1) is 0 Å². The number of hydrogen-bond acceptors (Lipinski definition) is 1. The zero-order valence-corrected chi connectivity index (χ0v) is 10.6. The molecule has 0 radical (unpaired) electrons. The molecule has 19 heavy (non-hydrogen) atoms. The smallest absolute Gasteiger partial charge is 0.337 e. The first kappa shape index (κ1) is 11.8. The van der Waals surface area contributed by atoms with Gasteiger partial charge in [0.05, 0.1) is 5.56 Å². The Morgan fingerprint density at radius 3 is 2.63 bits per heavy atom. The molecule has 0 aliphatic rings. The van der Waals surface area contributed by atoms with E-state index >= 15 is 0 Å². The van der Waals surface area contributed by atoms with Gasteiger partial charge in [0.15, 0.2) is 0 Å². The lowest BCUT2D eigenvalue weighted by molar-refractivity contribution is 0.0699. The maximum Gasteiger partial charge on any atom is 0.337 e. The van der Waals surface area contributed by atoms with E-state index in [1.54, 1.807) is 0 Å². The van der Waals surface area contributed by atoms with Gasteiger partial charge < -0.3 is 10.1 Å². The number of aromatic carboxylic acids is 1. The molecule has 0 fully saturated rings. The Kier molecular flexibility index (Phi) is 2.76. The Balaban J connectivity index is 2.20. The van der Waals surface area contributed by atoms with Crippen molar-refractivity contribution >= 4 is 28.5 Å². The number of halogens is 1. The number of hydrogen-bond donors (Lipinski definition) is 2. The van der Waals surface area contributed by atoms with E-state index in [0.717, 1.165) is 16.6 Å². The van der Waals surface area contributed by atoms with E-state index in [2.05, 4.69) is 4.98 Å². The van der Waals surface area contributed by atoms with Crippen LogP contribution in [0.5, 0.6) is 0 Å². The molecule has 0 aliphatic carbocycles. The van der Waals surface area contributed by atoms with Crippen LogP contribution in [0.2, 0.25) is 5.02 Å². The van der Waals surface area contributed by atoms with Crippen molar-refractivity contribution in [1.29, 1.82) is 0 Å². The molecule has 4 heteroatoms. The number of nitrogens with one attached hydrogen (secondary N) is 1. The molecule has 0 saturated heterocycles. The van der Waals surface area contributed by atoms with Crippen molar-refractivity contribution in [3.05, 3.63) is 59.2 Å². The van der Waals surface area contributed by atoms with Crippen LogP contribution >= 0.6 is 11.6 Å². The molecule has 3 rings (SSSR count). The molecule has 1 aromatic heterocycles. The number of carbonyl (C=O) groups is 1. The van der Waals surface area contributed by atoms with Gasteiger partial charge in [-0.1, -0.05) is 29.8 Å². The summed E-state index contributed by atoms with van der Waals surface area (Å²) < 4.78 is 0. The van der Waals surface area contributed by atoms with Crippen molar-refractivity contribution in [1.82, 2.24) is 4.98 Å². The third-order valence-electron chi connectivity index (χ3n) is 3.07. The molecule has 3 aromatic rings. The van der Waals surface area contributed by atoms with Crippen LogP contribution in [0.25, 0.3) is 22.0 Å². The monoisotopic (exact) mass is 271 g/mol. The van der Waals surface area contributed by atoms with E-state index in [1.165, 1.54) is 6.20 Å². The molecule has 3 nitrogen and oxygen atoms in total. The van der Waals surface area contributed by atoms with Crippen molar-refractivity contribution in [2.24, 2.45) is 0 Å². The second kappa shape index (κ2) is 4.44. The van der Waals surface area contributed by atoms with Gasteiger partial charge >= 0.3 is 5.97 Å². The number of aromatic nitrogens is 1. The van der Waals surface area contributed by atoms with Gasteiger partial charge in [-0.25, -0.2) is 4.79 Å². The fourth-order valence-electron chi connectivity index (χ4n) is 2.15. The second-order valence-corrected chi connectivity index (χ2v) is 4.71. The molecule has 0 atom stereocenters. The van der Waals surface area contributed by atoms with Gasteiger partial charge in [0.2, 0.25) is 0 Å². The summed E-state index contributed by atoms with van der Waals surface area (Å²) in [6, 6.07) is 13.2. The molecule has 2 aromatic carbocycles. The topological polar surface area (TPSA) is 53.1 Å². The maximum atomic E-state index is 11.1. The van der Waals surface area contributed by atoms with Gasteiger partial charge in [0.25, 0.3) is 0 Å². The molecule has 2 N–H and O–H groups in total. The van der Waals surface area contributed by atoms with Crippen LogP contribution < -0.4 is 0 Å². The zero-order chi connectivity index (χ0) is 13.4. The molecule has 1 heterocycles. The molecule has 0 unspecified atom stereocenters. The fraction of sp³-hybridized carbons (Fsp3) is 0. The summed E-state index contributed by atoms with van der Waals surface area (Å²) in [4.78, 5) is 14.1. The molecular weight excluding hydrogens is 262 g/mol. The molecule has 0 bridgehead atoms. The van der Waals surface area contributed by atoms with Gasteiger partial charge in [-0.2, -0.15) is 0 Å². The van der Waals surface area contributed by atoms with Crippen LogP contribution in [0.15, 0.2) is 48.7 Å². The second-order valence-electron chi connectivity index (χ2n) is 4.28. The third-order valence-corrected chi connectivity index (χ3v) is 3.31. The molecule has 0 amide bonds. The van der Waals surface area contributed by atoms with Crippen molar-refractivity contribution < 1.29 is 9.90 Å². The number of aromatic amines is 1. The summed E-state index contributed by atoms with van der Waals surface area (Å²) in [6.07, 6.45) is 1.51. The van der Waals surface area contributed by atoms with Crippen molar-refractivity contribution in [2.45, 2.75) is 0 Å². The summed E-state index contributed by atoms with van der Waals surface area (Å²) in [5, 5.41) is 10.5. The Morgan fingerprint density at radius 2 is 1.89 bits per heavy atom. The first-order valence-electron chi connectivity index (χ1n) is 5.75. The largest absolute Gasteiger partial charge is 0.478 e. The Hall–Kier alpha value is -2.26. The average molecular weight is 272 g/mol. The molecule has 94 valence electrons. The quantitative estimate of drug-likeness (QED) is 0.734. The van der Waals surface area contributed by atoms with Crippen LogP contribution in [0.4, 0.5) is 0 Å². The van der Waals surface area contributed by atoms with E-state index in [9.17, 15) is 4.79 Å². The van der Waals surface area contributed by atoms with E-state index in [1.807, 2.05) is 42.5 Å². The normalized spacial score (nSPS) is 10.8. The van der Waals surface area contributed by atoms with Crippen molar-refractivity contribution in [3.8, 4) is 11.1 Å². The summed E-state index contributed by atoms with van der Waals surface area (Å²) >= 11 is 5.97. The number of carboxylic acids is 1. The minimum atomic E-state index is -0.936. The zero-order valence-electron chi connectivity index (χ0n) is 9.85. The fourth-order valence-corrected chi connectivity index (χ4v) is 2.34. The van der Waals surface area contributed by atoms with Crippen LogP contribution in [-0.2, 0) is 0 Å². The lowest BCUT2D eigenvalue weighted by Crippen LogP contribution is -1.93. The lowest BCUT2D eigenvalue weighted by atomic mass is 10.0. The average Bonchev–Trinajstić information content (AvgIpc) is 2.81. The number of rotatable bonds is 2. The van der Waals surface area contributed by atoms with Gasteiger partial charge in [0, 0.05) is 22.1 Å². The number of benzene rings is 2. The highest BCUT2D eigenvalue weighted by atomic mass is 35.5. The van der Waals surface area contributed by atoms with Gasteiger partial charge in [-0.15, -0.1) is 0 Å². The first-order chi connectivity index (χ1) is 9.15.